The Morgan fingerprint density at radius 3 is 2.23 bits per heavy atom. The summed E-state index contributed by atoms with van der Waals surface area (Å²) < 4.78 is 11.6. The average molecular weight is 768 g/mol. The molecule has 6 rings (SSSR count). The quantitative estimate of drug-likeness (QED) is 0.0771. The minimum absolute atomic E-state index is 0.186. The molecule has 5 aromatic carbocycles. The van der Waals surface area contributed by atoms with Gasteiger partial charge in [-0.15, -0.1) is 0 Å². The Morgan fingerprint density at radius 2 is 1.49 bits per heavy atom. The van der Waals surface area contributed by atoms with Gasteiger partial charge >= 0.3 is 5.97 Å². The van der Waals surface area contributed by atoms with E-state index in [1.54, 1.807) is 6.07 Å². The Bertz CT molecular complexity index is 2120. The maximum atomic E-state index is 13.9. The average Bonchev–Trinajstić information content (AvgIpc) is 3.24. The van der Waals surface area contributed by atoms with Gasteiger partial charge in [0, 0.05) is 12.1 Å². The zero-order valence-corrected chi connectivity index (χ0v) is 31.8. The third kappa shape index (κ3) is 12.4. The van der Waals surface area contributed by atoms with Crippen LogP contribution in [0, 0.1) is 11.8 Å². The van der Waals surface area contributed by atoms with Crippen LogP contribution < -0.4 is 20.7 Å². The standard InChI is InChI=1S/C47H49N3O7/c51-30-41(27-34-20-24-42(25-21-34)56-31-35-14-6-2-7-15-35)48-44(52)29-38-18-8-3-9-19-39(26-33-12-4-1-5-13-33)47(55)57-32-43(50-45(38)53)46(54)49-40-23-22-36-16-10-11-17-37(36)28-40/h1-8,10-17,20-25,28,38-39,41,43,51H,9,18-19,26-27,29-32H2,(H,48,52)(H,49,54)(H,50,53). The van der Waals surface area contributed by atoms with Gasteiger partial charge in [-0.05, 0) is 83.8 Å². The molecule has 4 N–H and O–H groups in total. The zero-order chi connectivity index (χ0) is 39.8. The van der Waals surface area contributed by atoms with Crippen LogP contribution in [0.3, 0.4) is 0 Å². The van der Waals surface area contributed by atoms with E-state index in [9.17, 15) is 24.3 Å². The van der Waals surface area contributed by atoms with Gasteiger partial charge < -0.3 is 30.5 Å². The fraction of sp³-hybridized carbons (Fsp3) is 0.277. The maximum Gasteiger partial charge on any atom is 0.309 e. The highest BCUT2D eigenvalue weighted by Gasteiger charge is 2.30. The van der Waals surface area contributed by atoms with Crippen LogP contribution in [0.1, 0.15) is 42.4 Å². The van der Waals surface area contributed by atoms with Crippen molar-refractivity contribution in [2.24, 2.45) is 11.8 Å². The smallest absolute Gasteiger partial charge is 0.309 e. The van der Waals surface area contributed by atoms with Crippen molar-refractivity contribution in [2.75, 3.05) is 18.5 Å². The second-order valence-electron chi connectivity index (χ2n) is 14.4. The molecule has 1 aliphatic heterocycles. The minimum atomic E-state index is -1.23. The number of rotatable bonds is 13. The number of nitrogens with one attached hydrogen (secondary N) is 3. The largest absolute Gasteiger partial charge is 0.489 e. The topological polar surface area (TPSA) is 143 Å². The number of fused-ring (bicyclic) bond motifs is 1. The Labute approximate surface area is 333 Å². The van der Waals surface area contributed by atoms with E-state index >= 15 is 0 Å². The molecule has 0 radical (unpaired) electrons. The van der Waals surface area contributed by atoms with Gasteiger partial charge in [0.15, 0.2) is 0 Å². The number of ether oxygens (including phenoxy) is 2. The number of amides is 3. The molecule has 0 bridgehead atoms. The molecule has 0 saturated heterocycles. The van der Waals surface area contributed by atoms with Crippen molar-refractivity contribution < 1.29 is 33.8 Å². The van der Waals surface area contributed by atoms with Crippen molar-refractivity contribution in [3.8, 4) is 5.75 Å². The first-order valence-electron chi connectivity index (χ1n) is 19.4. The second kappa shape index (κ2) is 20.6. The molecule has 0 fully saturated rings. The number of aliphatic hydroxyl groups excluding tert-OH is 1. The molecule has 0 saturated carbocycles. The van der Waals surface area contributed by atoms with Gasteiger partial charge in [-0.25, -0.2) is 0 Å². The van der Waals surface area contributed by atoms with Crippen LogP contribution in [0.5, 0.6) is 5.75 Å². The third-order valence-electron chi connectivity index (χ3n) is 10.0. The van der Waals surface area contributed by atoms with E-state index in [0.717, 1.165) is 27.5 Å². The summed E-state index contributed by atoms with van der Waals surface area (Å²) in [6, 6.07) is 38.4. The predicted molar refractivity (Wildman–Crippen MR) is 220 cm³/mol. The fourth-order valence-electron chi connectivity index (χ4n) is 6.83. The van der Waals surface area contributed by atoms with Gasteiger partial charge in [-0.1, -0.05) is 115 Å². The van der Waals surface area contributed by atoms with Gasteiger partial charge in [-0.3, -0.25) is 19.2 Å². The number of anilines is 1. The minimum Gasteiger partial charge on any atom is -0.489 e. The highest BCUT2D eigenvalue weighted by atomic mass is 16.5. The number of hydrogen-bond donors (Lipinski definition) is 4. The van der Waals surface area contributed by atoms with Crippen LogP contribution in [0.15, 0.2) is 140 Å². The van der Waals surface area contributed by atoms with Crippen molar-refractivity contribution in [1.29, 1.82) is 0 Å². The van der Waals surface area contributed by atoms with Crippen molar-refractivity contribution in [3.05, 3.63) is 156 Å². The van der Waals surface area contributed by atoms with Gasteiger partial charge in [0.05, 0.1) is 24.5 Å². The van der Waals surface area contributed by atoms with Crippen molar-refractivity contribution in [1.82, 2.24) is 10.6 Å². The van der Waals surface area contributed by atoms with Crippen molar-refractivity contribution in [2.45, 2.75) is 57.2 Å². The van der Waals surface area contributed by atoms with Crippen LogP contribution in [-0.4, -0.2) is 54.1 Å². The maximum absolute atomic E-state index is 13.9. The van der Waals surface area contributed by atoms with Crippen LogP contribution in [0.4, 0.5) is 5.69 Å². The third-order valence-corrected chi connectivity index (χ3v) is 10.0. The molecule has 4 atom stereocenters. The van der Waals surface area contributed by atoms with Gasteiger partial charge in [0.1, 0.15) is 25.0 Å². The van der Waals surface area contributed by atoms with E-state index < -0.39 is 47.6 Å². The van der Waals surface area contributed by atoms with Crippen LogP contribution >= 0.6 is 0 Å². The van der Waals surface area contributed by atoms with E-state index in [4.69, 9.17) is 9.47 Å². The first-order valence-corrected chi connectivity index (χ1v) is 19.4. The van der Waals surface area contributed by atoms with Crippen molar-refractivity contribution in [3.63, 3.8) is 0 Å². The van der Waals surface area contributed by atoms with E-state index in [-0.39, 0.29) is 26.1 Å². The molecule has 1 heterocycles. The number of carbonyl (C=O) groups is 4. The molecule has 0 spiro atoms. The lowest BCUT2D eigenvalue weighted by Crippen LogP contribution is -2.50. The molecule has 57 heavy (non-hydrogen) atoms. The molecule has 0 aliphatic carbocycles. The molecule has 5 aromatic rings. The summed E-state index contributed by atoms with van der Waals surface area (Å²) in [6.45, 7) is -0.249. The molecular weight excluding hydrogens is 719 g/mol. The number of carbonyl (C=O) groups excluding carboxylic acids is 4. The lowest BCUT2D eigenvalue weighted by Gasteiger charge is -2.23. The van der Waals surface area contributed by atoms with Gasteiger partial charge in [0.2, 0.25) is 11.8 Å². The van der Waals surface area contributed by atoms with Gasteiger partial charge in [-0.2, -0.15) is 0 Å². The molecule has 4 unspecified atom stereocenters. The summed E-state index contributed by atoms with van der Waals surface area (Å²) in [6.07, 6.45) is 5.69. The summed E-state index contributed by atoms with van der Waals surface area (Å²) in [4.78, 5) is 54.6. The molecule has 10 nitrogen and oxygen atoms in total. The van der Waals surface area contributed by atoms with E-state index in [2.05, 4.69) is 16.0 Å². The predicted octanol–water partition coefficient (Wildman–Crippen LogP) is 6.71. The summed E-state index contributed by atoms with van der Waals surface area (Å²) in [7, 11) is 0. The lowest BCUT2D eigenvalue weighted by molar-refractivity contribution is -0.150. The fourth-order valence-corrected chi connectivity index (χ4v) is 6.83. The van der Waals surface area contributed by atoms with E-state index in [1.807, 2.05) is 133 Å². The first kappa shape index (κ1) is 40.4. The van der Waals surface area contributed by atoms with Crippen molar-refractivity contribution >= 4 is 40.2 Å². The number of cyclic esters (lactones) is 1. The number of aliphatic hydroxyl groups is 1. The monoisotopic (exact) mass is 767 g/mol. The first-order chi connectivity index (χ1) is 27.8. The molecular formula is C47H49N3O7. The molecule has 10 heteroatoms. The number of allylic oxidation sites excluding steroid dienone is 2. The highest BCUT2D eigenvalue weighted by molar-refractivity contribution is 6.00. The highest BCUT2D eigenvalue weighted by Crippen LogP contribution is 2.22. The summed E-state index contributed by atoms with van der Waals surface area (Å²) in [5, 5.41) is 20.7. The van der Waals surface area contributed by atoms with Crippen LogP contribution in [-0.2, 0) is 43.4 Å². The Hall–Kier alpha value is -6.26. The Morgan fingerprint density at radius 1 is 0.789 bits per heavy atom. The number of esters is 1. The molecule has 1 aliphatic rings. The zero-order valence-electron chi connectivity index (χ0n) is 31.8. The summed E-state index contributed by atoms with van der Waals surface area (Å²) in [5.74, 6) is -2.56. The number of hydrogen-bond acceptors (Lipinski definition) is 7. The summed E-state index contributed by atoms with van der Waals surface area (Å²) in [5.41, 5.74) is 3.46. The van der Waals surface area contributed by atoms with E-state index in [0.29, 0.717) is 43.7 Å². The second-order valence-corrected chi connectivity index (χ2v) is 14.4. The number of benzene rings is 5. The Kier molecular flexibility index (Phi) is 14.6. The lowest BCUT2D eigenvalue weighted by atomic mass is 9.94. The molecule has 294 valence electrons. The van der Waals surface area contributed by atoms with Crippen LogP contribution in [0.25, 0.3) is 10.8 Å². The normalized spacial score (nSPS) is 18.2. The van der Waals surface area contributed by atoms with Crippen LogP contribution in [0.2, 0.25) is 0 Å². The molecule has 3 amide bonds. The van der Waals surface area contributed by atoms with Gasteiger partial charge in [0.25, 0.3) is 5.91 Å². The SMILES string of the molecule is O=C(CC1CC=CCCC(Cc2ccccc2)C(=O)OCC(C(=O)Nc2ccc3ccccc3c2)NC1=O)NC(CO)Cc1ccc(OCc2ccccc2)cc1. The Balaban J connectivity index is 1.12. The summed E-state index contributed by atoms with van der Waals surface area (Å²) >= 11 is 0. The molecule has 0 aromatic heterocycles. The van der Waals surface area contributed by atoms with E-state index in [1.165, 1.54) is 0 Å².